The quantitative estimate of drug-likeness (QED) is 0.569. The van der Waals surface area contributed by atoms with Crippen molar-refractivity contribution < 1.29 is 18.3 Å². The van der Waals surface area contributed by atoms with Crippen molar-refractivity contribution in [2.45, 2.75) is 39.5 Å². The van der Waals surface area contributed by atoms with Gasteiger partial charge in [-0.1, -0.05) is 12.1 Å². The molecular formula is C24H24FNO3. The SMILES string of the molecule is COc1c(/C(C)=C/C(=O)Nc2ccccc2F)cc2c3c(oc2c1C)CCCC3. The first kappa shape index (κ1) is 19.2. The van der Waals surface area contributed by atoms with E-state index in [0.29, 0.717) is 5.75 Å². The number of nitrogens with one attached hydrogen (secondary N) is 1. The molecule has 29 heavy (non-hydrogen) atoms. The molecule has 0 radical (unpaired) electrons. The summed E-state index contributed by atoms with van der Waals surface area (Å²) in [6, 6.07) is 8.16. The molecule has 0 saturated carbocycles. The number of hydrogen-bond acceptors (Lipinski definition) is 3. The van der Waals surface area contributed by atoms with Gasteiger partial charge in [-0.15, -0.1) is 0 Å². The summed E-state index contributed by atoms with van der Waals surface area (Å²) in [4.78, 5) is 12.5. The van der Waals surface area contributed by atoms with Gasteiger partial charge in [0.05, 0.1) is 12.8 Å². The minimum absolute atomic E-state index is 0.157. The average Bonchev–Trinajstić information content (AvgIpc) is 3.09. The van der Waals surface area contributed by atoms with Crippen LogP contribution in [0.15, 0.2) is 40.8 Å². The zero-order valence-corrected chi connectivity index (χ0v) is 16.9. The van der Waals surface area contributed by atoms with Crippen molar-refractivity contribution in [3.63, 3.8) is 0 Å². The Balaban J connectivity index is 1.74. The van der Waals surface area contributed by atoms with Crippen LogP contribution < -0.4 is 10.1 Å². The highest BCUT2D eigenvalue weighted by Gasteiger charge is 2.23. The van der Waals surface area contributed by atoms with E-state index in [-0.39, 0.29) is 11.6 Å². The summed E-state index contributed by atoms with van der Waals surface area (Å²) in [5.41, 5.74) is 4.80. The van der Waals surface area contributed by atoms with Gasteiger partial charge in [-0.2, -0.15) is 0 Å². The van der Waals surface area contributed by atoms with Crippen molar-refractivity contribution in [1.29, 1.82) is 0 Å². The fraction of sp³-hybridized carbons (Fsp3) is 0.292. The molecule has 150 valence electrons. The van der Waals surface area contributed by atoms with Gasteiger partial charge in [-0.25, -0.2) is 4.39 Å². The van der Waals surface area contributed by atoms with E-state index in [2.05, 4.69) is 11.4 Å². The first-order chi connectivity index (χ1) is 14.0. The van der Waals surface area contributed by atoms with E-state index in [1.165, 1.54) is 23.8 Å². The lowest BCUT2D eigenvalue weighted by molar-refractivity contribution is -0.111. The molecule has 0 aliphatic heterocycles. The number of methoxy groups -OCH3 is 1. The summed E-state index contributed by atoms with van der Waals surface area (Å²) in [7, 11) is 1.62. The molecule has 1 aromatic heterocycles. The minimum Gasteiger partial charge on any atom is -0.496 e. The largest absolute Gasteiger partial charge is 0.496 e. The summed E-state index contributed by atoms with van der Waals surface area (Å²) in [6.07, 6.45) is 5.74. The van der Waals surface area contributed by atoms with Crippen LogP contribution >= 0.6 is 0 Å². The Hall–Kier alpha value is -3.08. The Morgan fingerprint density at radius 1 is 1.24 bits per heavy atom. The lowest BCUT2D eigenvalue weighted by atomic mass is 9.93. The second-order valence-corrected chi connectivity index (χ2v) is 7.47. The van der Waals surface area contributed by atoms with Gasteiger partial charge in [0.25, 0.3) is 0 Å². The van der Waals surface area contributed by atoms with Crippen LogP contribution in [-0.4, -0.2) is 13.0 Å². The molecule has 2 aromatic carbocycles. The maximum absolute atomic E-state index is 13.8. The number of carbonyl (C=O) groups excluding carboxylic acids is 1. The van der Waals surface area contributed by atoms with E-state index in [1.54, 1.807) is 19.2 Å². The number of hydrogen-bond donors (Lipinski definition) is 1. The van der Waals surface area contributed by atoms with Gasteiger partial charge in [0, 0.05) is 34.6 Å². The monoisotopic (exact) mass is 393 g/mol. The van der Waals surface area contributed by atoms with Crippen molar-refractivity contribution >= 4 is 28.1 Å². The van der Waals surface area contributed by atoms with Gasteiger partial charge >= 0.3 is 0 Å². The Morgan fingerprint density at radius 3 is 2.76 bits per heavy atom. The standard InChI is InChI=1S/C24H24FNO3/c1-14(12-22(27)26-20-10-6-5-9-19(20)25)17-13-18-16-8-4-7-11-21(16)29-24(18)15(2)23(17)28-3/h5-6,9-10,12-13H,4,7-8,11H2,1-3H3,(H,26,27)/b14-12+. The number of furan rings is 1. The zero-order valence-electron chi connectivity index (χ0n) is 16.9. The van der Waals surface area contributed by atoms with Gasteiger partial charge in [-0.3, -0.25) is 4.79 Å². The summed E-state index contributed by atoms with van der Waals surface area (Å²) in [5.74, 6) is 0.900. The molecule has 1 aliphatic carbocycles. The Bertz CT molecular complexity index is 1130. The average molecular weight is 393 g/mol. The molecule has 0 bridgehead atoms. The molecule has 0 unspecified atom stereocenters. The second-order valence-electron chi connectivity index (χ2n) is 7.47. The summed E-state index contributed by atoms with van der Waals surface area (Å²) in [6.45, 7) is 3.84. The Labute approximate surface area is 169 Å². The molecule has 0 atom stereocenters. The van der Waals surface area contributed by atoms with Crippen LogP contribution in [0, 0.1) is 12.7 Å². The number of ether oxygens (including phenoxy) is 1. The number of amides is 1. The maximum atomic E-state index is 13.8. The summed E-state index contributed by atoms with van der Waals surface area (Å²) in [5, 5.41) is 3.69. The van der Waals surface area contributed by atoms with Crippen molar-refractivity contribution in [2.24, 2.45) is 0 Å². The predicted octanol–water partition coefficient (Wildman–Crippen LogP) is 5.81. The first-order valence-electron chi connectivity index (χ1n) is 9.85. The number of carbonyl (C=O) groups is 1. The van der Waals surface area contributed by atoms with Crippen LogP contribution in [0.25, 0.3) is 16.5 Å². The number of anilines is 1. The van der Waals surface area contributed by atoms with Crippen LogP contribution in [0.1, 0.15) is 42.2 Å². The molecule has 3 aromatic rings. The summed E-state index contributed by atoms with van der Waals surface area (Å²) < 4.78 is 25.6. The normalized spacial score (nSPS) is 14.0. The number of fused-ring (bicyclic) bond motifs is 3. The molecule has 1 amide bonds. The van der Waals surface area contributed by atoms with Crippen molar-refractivity contribution in [3.05, 3.63) is 64.7 Å². The molecule has 4 rings (SSSR count). The lowest BCUT2D eigenvalue weighted by Gasteiger charge is -2.13. The molecule has 0 fully saturated rings. The maximum Gasteiger partial charge on any atom is 0.248 e. The highest BCUT2D eigenvalue weighted by Crippen LogP contribution is 2.41. The molecule has 4 nitrogen and oxygen atoms in total. The van der Waals surface area contributed by atoms with Gasteiger partial charge in [-0.05, 0) is 56.9 Å². The third kappa shape index (κ3) is 3.53. The van der Waals surface area contributed by atoms with Crippen molar-refractivity contribution in [1.82, 2.24) is 0 Å². The zero-order chi connectivity index (χ0) is 20.5. The van der Waals surface area contributed by atoms with E-state index >= 15 is 0 Å². The van der Waals surface area contributed by atoms with E-state index in [0.717, 1.165) is 59.1 Å². The number of halogens is 1. The van der Waals surface area contributed by atoms with Gasteiger partial charge < -0.3 is 14.5 Å². The Morgan fingerprint density at radius 2 is 2.00 bits per heavy atom. The molecule has 1 N–H and O–H groups in total. The van der Waals surface area contributed by atoms with Gasteiger partial charge in [0.2, 0.25) is 5.91 Å². The van der Waals surface area contributed by atoms with E-state index in [9.17, 15) is 9.18 Å². The van der Waals surface area contributed by atoms with Crippen molar-refractivity contribution in [3.8, 4) is 5.75 Å². The molecule has 0 spiro atoms. The van der Waals surface area contributed by atoms with Crippen molar-refractivity contribution in [2.75, 3.05) is 12.4 Å². The molecule has 0 saturated heterocycles. The van der Waals surface area contributed by atoms with Crippen LogP contribution in [-0.2, 0) is 17.6 Å². The third-order valence-corrected chi connectivity index (χ3v) is 5.53. The highest BCUT2D eigenvalue weighted by atomic mass is 19.1. The molecular weight excluding hydrogens is 369 g/mol. The van der Waals surface area contributed by atoms with Crippen LogP contribution in [0.4, 0.5) is 10.1 Å². The smallest absolute Gasteiger partial charge is 0.248 e. The fourth-order valence-electron chi connectivity index (χ4n) is 4.10. The number of benzene rings is 2. The lowest BCUT2D eigenvalue weighted by Crippen LogP contribution is -2.10. The van der Waals surface area contributed by atoms with E-state index < -0.39 is 5.82 Å². The highest BCUT2D eigenvalue weighted by molar-refractivity contribution is 6.05. The predicted molar refractivity (Wildman–Crippen MR) is 113 cm³/mol. The number of allylic oxidation sites excluding steroid dienone is 1. The van der Waals surface area contributed by atoms with Gasteiger partial charge in [0.15, 0.2) is 0 Å². The Kier molecular flexibility index (Phi) is 5.14. The minimum atomic E-state index is -0.466. The van der Waals surface area contributed by atoms with E-state index in [1.807, 2.05) is 13.8 Å². The molecule has 1 heterocycles. The number of para-hydroxylation sites is 1. The number of rotatable bonds is 4. The van der Waals surface area contributed by atoms with E-state index in [4.69, 9.17) is 9.15 Å². The fourth-order valence-corrected chi connectivity index (χ4v) is 4.10. The third-order valence-electron chi connectivity index (χ3n) is 5.53. The molecule has 1 aliphatic rings. The van der Waals surface area contributed by atoms with Crippen LogP contribution in [0.3, 0.4) is 0 Å². The van der Waals surface area contributed by atoms with Crippen LogP contribution in [0.2, 0.25) is 0 Å². The first-order valence-corrected chi connectivity index (χ1v) is 9.85. The second kappa shape index (κ2) is 7.74. The van der Waals surface area contributed by atoms with Gasteiger partial charge in [0.1, 0.15) is 22.9 Å². The summed E-state index contributed by atoms with van der Waals surface area (Å²) >= 11 is 0. The molecule has 5 heteroatoms. The number of aryl methyl sites for hydroxylation is 3. The topological polar surface area (TPSA) is 51.5 Å². The van der Waals surface area contributed by atoms with Crippen LogP contribution in [0.5, 0.6) is 5.75 Å².